The Morgan fingerprint density at radius 3 is 2.62 bits per heavy atom. The molecule has 1 N–H and O–H groups in total. The minimum Gasteiger partial charge on any atom is -0.379 e. The molecule has 1 aliphatic rings. The Balaban J connectivity index is 2.70. The number of hydrogen-bond acceptors (Lipinski definition) is 2. The molecule has 8 heavy (non-hydrogen) atoms. The van der Waals surface area contributed by atoms with Gasteiger partial charge in [-0.2, -0.15) is 0 Å². The lowest BCUT2D eigenvalue weighted by Crippen LogP contribution is -2.24. The van der Waals surface area contributed by atoms with E-state index in [4.69, 9.17) is 5.11 Å². The van der Waals surface area contributed by atoms with Gasteiger partial charge in [0.1, 0.15) is 0 Å². The molecule has 1 unspecified atom stereocenters. The summed E-state index contributed by atoms with van der Waals surface area (Å²) in [6.45, 7) is 0. The number of likely N-dealkylation sites (N-methyl/N-ethyl adjacent to an activating group) is 1. The Bertz CT molecular complexity index is 127. The van der Waals surface area contributed by atoms with Crippen LogP contribution in [0.5, 0.6) is 0 Å². The van der Waals surface area contributed by atoms with E-state index < -0.39 is 6.10 Å². The first kappa shape index (κ1) is 5.31. The fourth-order valence-corrected chi connectivity index (χ4v) is 0.575. The summed E-state index contributed by atoms with van der Waals surface area (Å²) >= 11 is 0. The minimum absolute atomic E-state index is 0.259. The zero-order valence-electron chi connectivity index (χ0n) is 4.53. The predicted octanol–water partition coefficient (Wildman–Crippen LogP) is -0.667. The van der Waals surface area contributed by atoms with Crippen LogP contribution in [0.1, 0.15) is 0 Å². The summed E-state index contributed by atoms with van der Waals surface area (Å²) in [5.41, 5.74) is 0. The van der Waals surface area contributed by atoms with E-state index >= 15 is 0 Å². The maximum Gasteiger partial charge on any atom is 0.259 e. The van der Waals surface area contributed by atoms with E-state index in [-0.39, 0.29) is 5.91 Å². The van der Waals surface area contributed by atoms with E-state index in [0.717, 1.165) is 0 Å². The van der Waals surface area contributed by atoms with Crippen LogP contribution in [0.3, 0.4) is 0 Å². The molecule has 0 bridgehead atoms. The highest BCUT2D eigenvalue weighted by Crippen LogP contribution is 2.02. The lowest BCUT2D eigenvalue weighted by Gasteiger charge is -2.04. The maximum atomic E-state index is 10.5. The van der Waals surface area contributed by atoms with Crippen molar-refractivity contribution in [2.45, 2.75) is 6.10 Å². The molecule has 0 fully saturated rings. The number of aliphatic hydroxyl groups is 1. The highest BCUT2D eigenvalue weighted by Gasteiger charge is 2.19. The smallest absolute Gasteiger partial charge is 0.259 e. The van der Waals surface area contributed by atoms with Gasteiger partial charge in [0.05, 0.1) is 0 Å². The zero-order valence-corrected chi connectivity index (χ0v) is 4.53. The molecule has 1 rings (SSSR count). The fraction of sp³-hybridized carbons (Fsp3) is 0.400. The van der Waals surface area contributed by atoms with E-state index in [0.29, 0.717) is 0 Å². The van der Waals surface area contributed by atoms with Crippen molar-refractivity contribution >= 4 is 5.91 Å². The minimum atomic E-state index is -0.903. The van der Waals surface area contributed by atoms with Gasteiger partial charge in [0.15, 0.2) is 6.10 Å². The van der Waals surface area contributed by atoms with Crippen LogP contribution in [0.4, 0.5) is 0 Å². The van der Waals surface area contributed by atoms with Gasteiger partial charge in [0.2, 0.25) is 0 Å². The second-order valence-electron chi connectivity index (χ2n) is 1.74. The number of rotatable bonds is 0. The number of carbonyl (C=O) groups is 1. The zero-order chi connectivity index (χ0) is 6.15. The van der Waals surface area contributed by atoms with E-state index in [1.54, 1.807) is 13.2 Å². The molecule has 0 aromatic heterocycles. The Hall–Kier alpha value is -0.830. The molecule has 0 saturated heterocycles. The molecular formula is C5H7NO2. The second kappa shape index (κ2) is 1.59. The topological polar surface area (TPSA) is 40.5 Å². The van der Waals surface area contributed by atoms with Crippen molar-refractivity contribution in [1.29, 1.82) is 0 Å². The van der Waals surface area contributed by atoms with Crippen LogP contribution in [-0.4, -0.2) is 29.1 Å². The third-order valence-corrected chi connectivity index (χ3v) is 1.09. The second-order valence-corrected chi connectivity index (χ2v) is 1.74. The van der Waals surface area contributed by atoms with E-state index in [2.05, 4.69) is 0 Å². The lowest BCUT2D eigenvalue weighted by atomic mass is 10.4. The molecule has 3 nitrogen and oxygen atoms in total. The molecule has 0 aromatic carbocycles. The molecule has 0 spiro atoms. The van der Waals surface area contributed by atoms with Crippen molar-refractivity contribution in [1.82, 2.24) is 4.90 Å². The van der Waals surface area contributed by atoms with Gasteiger partial charge in [-0.05, 0) is 6.08 Å². The SMILES string of the molecule is CN1C=CC(O)C1=O. The molecule has 1 amide bonds. The van der Waals surface area contributed by atoms with Crippen LogP contribution in [0, 0.1) is 0 Å². The highest BCUT2D eigenvalue weighted by atomic mass is 16.3. The molecule has 0 aromatic rings. The molecule has 44 valence electrons. The molecule has 1 atom stereocenters. The molecule has 0 radical (unpaired) electrons. The number of amides is 1. The third kappa shape index (κ3) is 0.607. The van der Waals surface area contributed by atoms with Crippen molar-refractivity contribution in [3.8, 4) is 0 Å². The first-order chi connectivity index (χ1) is 3.72. The number of aliphatic hydroxyl groups excluding tert-OH is 1. The summed E-state index contributed by atoms with van der Waals surface area (Å²) in [6, 6.07) is 0. The summed E-state index contributed by atoms with van der Waals surface area (Å²) < 4.78 is 0. The molecule has 3 heteroatoms. The first-order valence-electron chi connectivity index (χ1n) is 2.35. The summed E-state index contributed by atoms with van der Waals surface area (Å²) in [5, 5.41) is 8.69. The van der Waals surface area contributed by atoms with E-state index in [1.165, 1.54) is 11.0 Å². The largest absolute Gasteiger partial charge is 0.379 e. The Morgan fingerprint density at radius 2 is 2.50 bits per heavy atom. The van der Waals surface area contributed by atoms with Crippen molar-refractivity contribution in [3.63, 3.8) is 0 Å². The number of hydrogen-bond donors (Lipinski definition) is 1. The highest BCUT2D eigenvalue weighted by molar-refractivity contribution is 5.85. The van der Waals surface area contributed by atoms with Crippen LogP contribution in [0.25, 0.3) is 0 Å². The fourth-order valence-electron chi connectivity index (χ4n) is 0.575. The lowest BCUT2D eigenvalue weighted by molar-refractivity contribution is -0.132. The van der Waals surface area contributed by atoms with Crippen molar-refractivity contribution in [2.24, 2.45) is 0 Å². The average Bonchev–Trinajstić information content (AvgIpc) is 1.98. The average molecular weight is 113 g/mol. The third-order valence-electron chi connectivity index (χ3n) is 1.09. The maximum absolute atomic E-state index is 10.5. The van der Waals surface area contributed by atoms with Crippen LogP contribution in [0.2, 0.25) is 0 Å². The van der Waals surface area contributed by atoms with Gasteiger partial charge >= 0.3 is 0 Å². The first-order valence-corrected chi connectivity index (χ1v) is 2.35. The molecule has 1 aliphatic heterocycles. The molecular weight excluding hydrogens is 106 g/mol. The van der Waals surface area contributed by atoms with Crippen molar-refractivity contribution < 1.29 is 9.90 Å². The van der Waals surface area contributed by atoms with E-state index in [9.17, 15) is 4.79 Å². The van der Waals surface area contributed by atoms with Crippen LogP contribution >= 0.6 is 0 Å². The van der Waals surface area contributed by atoms with Crippen LogP contribution in [0.15, 0.2) is 12.3 Å². The van der Waals surface area contributed by atoms with Gasteiger partial charge in [-0.25, -0.2) is 0 Å². The summed E-state index contributed by atoms with van der Waals surface area (Å²) in [4.78, 5) is 11.9. The monoisotopic (exact) mass is 113 g/mol. The van der Waals surface area contributed by atoms with Crippen molar-refractivity contribution in [3.05, 3.63) is 12.3 Å². The molecule has 0 saturated carbocycles. The molecule has 0 aliphatic carbocycles. The van der Waals surface area contributed by atoms with Gasteiger partial charge in [-0.3, -0.25) is 4.79 Å². The molecule has 1 heterocycles. The standard InChI is InChI=1S/C5H7NO2/c1-6-3-2-4(7)5(6)8/h2-4,7H,1H3. The van der Waals surface area contributed by atoms with E-state index in [1.807, 2.05) is 0 Å². The van der Waals surface area contributed by atoms with Crippen molar-refractivity contribution in [2.75, 3.05) is 7.05 Å². The normalized spacial score (nSPS) is 27.5. The summed E-state index contributed by atoms with van der Waals surface area (Å²) in [7, 11) is 1.61. The van der Waals surface area contributed by atoms with Gasteiger partial charge in [-0.1, -0.05) is 0 Å². The van der Waals surface area contributed by atoms with Crippen LogP contribution < -0.4 is 0 Å². The summed E-state index contributed by atoms with van der Waals surface area (Å²) in [6.07, 6.45) is 2.09. The van der Waals surface area contributed by atoms with Gasteiger partial charge < -0.3 is 10.0 Å². The van der Waals surface area contributed by atoms with Gasteiger partial charge in [0, 0.05) is 13.2 Å². The Kier molecular flexibility index (Phi) is 1.06. The quantitative estimate of drug-likeness (QED) is 0.452. The number of nitrogens with zero attached hydrogens (tertiary/aromatic N) is 1. The summed E-state index contributed by atoms with van der Waals surface area (Å²) in [5.74, 6) is -0.259. The van der Waals surface area contributed by atoms with Gasteiger partial charge in [0.25, 0.3) is 5.91 Å². The Morgan fingerprint density at radius 1 is 1.88 bits per heavy atom. The van der Waals surface area contributed by atoms with Crippen LogP contribution in [-0.2, 0) is 4.79 Å². The number of carbonyl (C=O) groups excluding carboxylic acids is 1. The Labute approximate surface area is 47.2 Å². The van der Waals surface area contributed by atoms with Gasteiger partial charge in [-0.15, -0.1) is 0 Å². The predicted molar refractivity (Wildman–Crippen MR) is 27.9 cm³/mol.